The molecule has 0 aliphatic rings. The minimum Gasteiger partial charge on any atom is -0.490 e. The Morgan fingerprint density at radius 3 is 2.40 bits per heavy atom. The fraction of sp³-hybridized carbons (Fsp3) is 0.176. The molecule has 104 valence electrons. The molecule has 2 aromatic carbocycles. The Morgan fingerprint density at radius 1 is 1.00 bits per heavy atom. The van der Waals surface area contributed by atoms with Crippen molar-refractivity contribution in [1.29, 1.82) is 0 Å². The molecule has 0 radical (unpaired) electrons. The first-order chi connectivity index (χ1) is 9.74. The largest absolute Gasteiger partial charge is 0.490 e. The summed E-state index contributed by atoms with van der Waals surface area (Å²) in [5.41, 5.74) is 1.25. The molecule has 0 unspecified atom stereocenters. The summed E-state index contributed by atoms with van der Waals surface area (Å²) in [6, 6.07) is 16.5. The molecular formula is C17H17BrOS. The van der Waals surface area contributed by atoms with Crippen LogP contribution in [0.5, 0.6) is 5.75 Å². The number of thioether (sulfide) groups is 1. The molecule has 0 saturated carbocycles. The third-order valence-corrected chi connectivity index (χ3v) is 4.19. The Morgan fingerprint density at radius 2 is 1.70 bits per heavy atom. The molecule has 1 nitrogen and oxygen atoms in total. The summed E-state index contributed by atoms with van der Waals surface area (Å²) in [4.78, 5) is 1.28. The van der Waals surface area contributed by atoms with Crippen molar-refractivity contribution in [3.05, 3.63) is 70.7 Å². The second kappa shape index (κ2) is 8.18. The summed E-state index contributed by atoms with van der Waals surface area (Å²) in [5, 5.41) is 0. The van der Waals surface area contributed by atoms with Crippen LogP contribution in [-0.2, 0) is 0 Å². The van der Waals surface area contributed by atoms with E-state index in [1.54, 1.807) is 0 Å². The van der Waals surface area contributed by atoms with Gasteiger partial charge in [-0.1, -0.05) is 45.8 Å². The summed E-state index contributed by atoms with van der Waals surface area (Å²) in [6.07, 6.45) is 4.20. The normalized spacial score (nSPS) is 10.9. The smallest absolute Gasteiger partial charge is 0.119 e. The molecule has 0 saturated heterocycles. The third kappa shape index (κ3) is 5.43. The third-order valence-electron chi connectivity index (χ3n) is 2.69. The Kier molecular flexibility index (Phi) is 6.22. The lowest BCUT2D eigenvalue weighted by Crippen LogP contribution is -1.93. The lowest BCUT2D eigenvalue weighted by Gasteiger charge is -2.03. The van der Waals surface area contributed by atoms with Crippen molar-refractivity contribution in [3.63, 3.8) is 0 Å². The van der Waals surface area contributed by atoms with Gasteiger partial charge in [0.25, 0.3) is 0 Å². The van der Waals surface area contributed by atoms with Crippen LogP contribution in [0.25, 0.3) is 0 Å². The quantitative estimate of drug-likeness (QED) is 0.504. The van der Waals surface area contributed by atoms with Crippen LogP contribution in [0.4, 0.5) is 0 Å². The molecule has 0 amide bonds. The van der Waals surface area contributed by atoms with Crippen molar-refractivity contribution >= 4 is 27.7 Å². The van der Waals surface area contributed by atoms with E-state index in [4.69, 9.17) is 4.74 Å². The molecule has 2 rings (SSSR count). The van der Waals surface area contributed by atoms with Gasteiger partial charge in [0.15, 0.2) is 0 Å². The predicted molar refractivity (Wildman–Crippen MR) is 90.7 cm³/mol. The van der Waals surface area contributed by atoms with E-state index >= 15 is 0 Å². The van der Waals surface area contributed by atoms with Crippen LogP contribution in [0, 0.1) is 6.92 Å². The lowest BCUT2D eigenvalue weighted by molar-refractivity contribution is 0.362. The first-order valence-corrected chi connectivity index (χ1v) is 8.25. The van der Waals surface area contributed by atoms with Gasteiger partial charge in [-0.15, -0.1) is 11.8 Å². The van der Waals surface area contributed by atoms with Gasteiger partial charge in [-0.3, -0.25) is 0 Å². The fourth-order valence-electron chi connectivity index (χ4n) is 1.59. The van der Waals surface area contributed by atoms with Crippen molar-refractivity contribution in [2.75, 3.05) is 12.4 Å². The van der Waals surface area contributed by atoms with Gasteiger partial charge < -0.3 is 4.74 Å². The summed E-state index contributed by atoms with van der Waals surface area (Å²) < 4.78 is 6.74. The van der Waals surface area contributed by atoms with Crippen molar-refractivity contribution in [3.8, 4) is 5.75 Å². The maximum Gasteiger partial charge on any atom is 0.119 e. The molecule has 0 atom stereocenters. The van der Waals surface area contributed by atoms with E-state index < -0.39 is 0 Å². The number of hydrogen-bond donors (Lipinski definition) is 0. The molecule has 2 aromatic rings. The maximum absolute atomic E-state index is 5.63. The van der Waals surface area contributed by atoms with Crippen molar-refractivity contribution in [1.82, 2.24) is 0 Å². The van der Waals surface area contributed by atoms with Gasteiger partial charge in [0.05, 0.1) is 0 Å². The summed E-state index contributed by atoms with van der Waals surface area (Å²) in [6.45, 7) is 2.69. The van der Waals surface area contributed by atoms with Gasteiger partial charge in [-0.2, -0.15) is 0 Å². The Hall–Kier alpha value is -1.19. The summed E-state index contributed by atoms with van der Waals surface area (Å²) >= 11 is 5.25. The van der Waals surface area contributed by atoms with E-state index in [1.165, 1.54) is 10.5 Å². The topological polar surface area (TPSA) is 9.23 Å². The molecule has 0 fully saturated rings. The zero-order valence-corrected chi connectivity index (χ0v) is 13.8. The molecule has 0 N–H and O–H groups in total. The average Bonchev–Trinajstić information content (AvgIpc) is 2.46. The molecule has 0 bridgehead atoms. The summed E-state index contributed by atoms with van der Waals surface area (Å²) in [5.74, 6) is 1.87. The van der Waals surface area contributed by atoms with Crippen LogP contribution in [0.15, 0.2) is 70.1 Å². The Balaban J connectivity index is 1.67. The number of aryl methyl sites for hydroxylation is 1. The SMILES string of the molecule is Cc1ccc(OC/C=C\CSc2ccc(Br)cc2)cc1. The van der Waals surface area contributed by atoms with E-state index in [2.05, 4.69) is 71.4 Å². The molecule has 0 spiro atoms. The second-order valence-electron chi connectivity index (χ2n) is 4.36. The second-order valence-corrected chi connectivity index (χ2v) is 6.37. The monoisotopic (exact) mass is 348 g/mol. The molecule has 0 heterocycles. The van der Waals surface area contributed by atoms with E-state index in [-0.39, 0.29) is 0 Å². The van der Waals surface area contributed by atoms with Crippen LogP contribution < -0.4 is 4.74 Å². The van der Waals surface area contributed by atoms with Gasteiger partial charge in [-0.25, -0.2) is 0 Å². The average molecular weight is 349 g/mol. The van der Waals surface area contributed by atoms with E-state index in [0.717, 1.165) is 16.0 Å². The minimum atomic E-state index is 0.615. The van der Waals surface area contributed by atoms with Crippen LogP contribution in [0.1, 0.15) is 5.56 Å². The highest BCUT2D eigenvalue weighted by molar-refractivity contribution is 9.10. The van der Waals surface area contributed by atoms with Crippen LogP contribution in [0.3, 0.4) is 0 Å². The van der Waals surface area contributed by atoms with Crippen molar-refractivity contribution in [2.24, 2.45) is 0 Å². The molecule has 3 heteroatoms. The van der Waals surface area contributed by atoms with Gasteiger partial charge in [0.2, 0.25) is 0 Å². The van der Waals surface area contributed by atoms with Gasteiger partial charge in [0.1, 0.15) is 12.4 Å². The minimum absolute atomic E-state index is 0.615. The Labute approximate surface area is 133 Å². The molecule has 20 heavy (non-hydrogen) atoms. The predicted octanol–water partition coefficient (Wildman–Crippen LogP) is 5.48. The lowest BCUT2D eigenvalue weighted by atomic mass is 10.2. The number of rotatable bonds is 6. The van der Waals surface area contributed by atoms with E-state index in [9.17, 15) is 0 Å². The number of hydrogen-bond acceptors (Lipinski definition) is 2. The van der Waals surface area contributed by atoms with E-state index in [0.29, 0.717) is 6.61 Å². The fourth-order valence-corrected chi connectivity index (χ4v) is 2.61. The van der Waals surface area contributed by atoms with Crippen LogP contribution >= 0.6 is 27.7 Å². The maximum atomic E-state index is 5.63. The van der Waals surface area contributed by atoms with Crippen LogP contribution in [0.2, 0.25) is 0 Å². The number of benzene rings is 2. The number of halogens is 1. The number of ether oxygens (including phenoxy) is 1. The standard InChI is InChI=1S/C17H17BrOS/c1-14-4-8-16(9-5-14)19-12-2-3-13-20-17-10-6-15(18)7-11-17/h2-11H,12-13H2,1H3/b3-2-. The summed E-state index contributed by atoms with van der Waals surface area (Å²) in [7, 11) is 0. The van der Waals surface area contributed by atoms with Gasteiger partial charge >= 0.3 is 0 Å². The van der Waals surface area contributed by atoms with Crippen molar-refractivity contribution in [2.45, 2.75) is 11.8 Å². The molecule has 0 aromatic heterocycles. The Bertz CT molecular complexity index is 495. The van der Waals surface area contributed by atoms with Gasteiger partial charge in [-0.05, 0) is 43.3 Å². The molecule has 0 aliphatic heterocycles. The first-order valence-electron chi connectivity index (χ1n) is 6.47. The molecular weight excluding hydrogens is 332 g/mol. The van der Waals surface area contributed by atoms with Crippen molar-refractivity contribution < 1.29 is 4.74 Å². The zero-order valence-electron chi connectivity index (χ0n) is 11.4. The highest BCUT2D eigenvalue weighted by atomic mass is 79.9. The highest BCUT2D eigenvalue weighted by Gasteiger charge is 1.92. The van der Waals surface area contributed by atoms with E-state index in [1.807, 2.05) is 23.9 Å². The molecule has 0 aliphatic carbocycles. The zero-order chi connectivity index (χ0) is 14.2. The van der Waals surface area contributed by atoms with Gasteiger partial charge in [0, 0.05) is 15.1 Å². The first kappa shape index (κ1) is 15.2. The highest BCUT2D eigenvalue weighted by Crippen LogP contribution is 2.20. The van der Waals surface area contributed by atoms with Crippen LogP contribution in [-0.4, -0.2) is 12.4 Å².